The highest BCUT2D eigenvalue weighted by Crippen LogP contribution is 2.43. The molecule has 2 N–H and O–H groups in total. The van der Waals surface area contributed by atoms with Crippen molar-refractivity contribution in [2.24, 2.45) is 5.92 Å². The van der Waals surface area contributed by atoms with Gasteiger partial charge in [-0.05, 0) is 51.1 Å². The SMILES string of the molecule is Cc1csc(-c2c(N)nsc2N(CC2CC2)C(C)C)n1. The lowest BCUT2D eigenvalue weighted by molar-refractivity contribution is 0.650. The Morgan fingerprint density at radius 2 is 2.20 bits per heavy atom. The molecular formula is C14H20N4S2. The number of thiazole rings is 1. The summed E-state index contributed by atoms with van der Waals surface area (Å²) in [6, 6.07) is 0.454. The van der Waals surface area contributed by atoms with E-state index in [-0.39, 0.29) is 0 Å². The van der Waals surface area contributed by atoms with Crippen molar-refractivity contribution in [1.82, 2.24) is 9.36 Å². The molecule has 1 aliphatic rings. The van der Waals surface area contributed by atoms with Gasteiger partial charge in [0.15, 0.2) is 0 Å². The highest BCUT2D eigenvalue weighted by Gasteiger charge is 2.29. The number of rotatable bonds is 5. The van der Waals surface area contributed by atoms with Crippen molar-refractivity contribution < 1.29 is 0 Å². The molecule has 2 aromatic rings. The molecule has 0 amide bonds. The third-order valence-electron chi connectivity index (χ3n) is 3.57. The van der Waals surface area contributed by atoms with Crippen LogP contribution in [0.4, 0.5) is 10.8 Å². The van der Waals surface area contributed by atoms with Gasteiger partial charge in [-0.25, -0.2) is 4.98 Å². The number of hydrogen-bond acceptors (Lipinski definition) is 6. The lowest BCUT2D eigenvalue weighted by Crippen LogP contribution is -2.32. The Hall–Kier alpha value is -1.14. The van der Waals surface area contributed by atoms with Crippen LogP contribution < -0.4 is 10.6 Å². The maximum atomic E-state index is 6.11. The summed E-state index contributed by atoms with van der Waals surface area (Å²) in [6.45, 7) is 7.58. The first-order valence-electron chi connectivity index (χ1n) is 7.00. The molecule has 0 radical (unpaired) electrons. The largest absolute Gasteiger partial charge is 0.382 e. The number of anilines is 2. The van der Waals surface area contributed by atoms with E-state index >= 15 is 0 Å². The number of hydrogen-bond donors (Lipinski definition) is 1. The van der Waals surface area contributed by atoms with Crippen LogP contribution in [0, 0.1) is 12.8 Å². The summed E-state index contributed by atoms with van der Waals surface area (Å²) in [4.78, 5) is 7.03. The van der Waals surface area contributed by atoms with Gasteiger partial charge in [-0.2, -0.15) is 4.37 Å². The third-order valence-corrected chi connectivity index (χ3v) is 5.45. The molecule has 0 bridgehead atoms. The van der Waals surface area contributed by atoms with Crippen molar-refractivity contribution in [2.75, 3.05) is 17.2 Å². The maximum absolute atomic E-state index is 6.11. The summed E-state index contributed by atoms with van der Waals surface area (Å²) in [6.07, 6.45) is 2.70. The summed E-state index contributed by atoms with van der Waals surface area (Å²) in [5.74, 6) is 1.45. The van der Waals surface area contributed by atoms with Crippen molar-refractivity contribution >= 4 is 33.7 Å². The van der Waals surface area contributed by atoms with Gasteiger partial charge in [0.25, 0.3) is 0 Å². The van der Waals surface area contributed by atoms with Gasteiger partial charge < -0.3 is 10.6 Å². The van der Waals surface area contributed by atoms with Crippen LogP contribution in [0.15, 0.2) is 5.38 Å². The standard InChI is InChI=1S/C14H20N4S2/c1-8(2)18(6-10-4-5-10)14-11(12(15)17-20-14)13-16-9(3)7-19-13/h7-8,10H,4-6H2,1-3H3,(H2,15,17). The smallest absolute Gasteiger partial charge is 0.149 e. The fourth-order valence-electron chi connectivity index (χ4n) is 2.27. The Morgan fingerprint density at radius 1 is 1.45 bits per heavy atom. The van der Waals surface area contributed by atoms with Gasteiger partial charge in [0.1, 0.15) is 15.8 Å². The minimum Gasteiger partial charge on any atom is -0.382 e. The second-order valence-electron chi connectivity index (χ2n) is 5.73. The monoisotopic (exact) mass is 308 g/mol. The zero-order valence-corrected chi connectivity index (χ0v) is 13.7. The van der Waals surface area contributed by atoms with Crippen LogP contribution in [0.1, 0.15) is 32.4 Å². The predicted molar refractivity (Wildman–Crippen MR) is 87.6 cm³/mol. The molecule has 0 spiro atoms. The molecule has 3 rings (SSSR count). The maximum Gasteiger partial charge on any atom is 0.149 e. The summed E-state index contributed by atoms with van der Waals surface area (Å²) >= 11 is 3.15. The molecule has 0 aliphatic heterocycles. The molecule has 0 aromatic carbocycles. The average Bonchev–Trinajstić information content (AvgIpc) is 3.00. The number of aryl methyl sites for hydroxylation is 1. The summed E-state index contributed by atoms with van der Waals surface area (Å²) in [5.41, 5.74) is 8.18. The van der Waals surface area contributed by atoms with Gasteiger partial charge in [0.05, 0.1) is 5.56 Å². The number of nitrogen functional groups attached to an aromatic ring is 1. The van der Waals surface area contributed by atoms with E-state index in [0.717, 1.165) is 28.7 Å². The minimum absolute atomic E-state index is 0.454. The average molecular weight is 308 g/mol. The van der Waals surface area contributed by atoms with Crippen LogP contribution in [-0.4, -0.2) is 21.9 Å². The van der Waals surface area contributed by atoms with Crippen LogP contribution in [-0.2, 0) is 0 Å². The van der Waals surface area contributed by atoms with Crippen LogP contribution in [0.25, 0.3) is 10.6 Å². The van der Waals surface area contributed by atoms with Crippen LogP contribution in [0.3, 0.4) is 0 Å². The highest BCUT2D eigenvalue weighted by molar-refractivity contribution is 7.15. The summed E-state index contributed by atoms with van der Waals surface area (Å²) in [5, 5.41) is 4.24. The second-order valence-corrected chi connectivity index (χ2v) is 7.34. The fraction of sp³-hybridized carbons (Fsp3) is 0.571. The molecule has 1 saturated carbocycles. The second kappa shape index (κ2) is 5.33. The Kier molecular flexibility index (Phi) is 3.69. The first-order chi connectivity index (χ1) is 9.56. The molecule has 2 heterocycles. The van der Waals surface area contributed by atoms with Crippen LogP contribution in [0.2, 0.25) is 0 Å². The van der Waals surface area contributed by atoms with Gasteiger partial charge in [-0.15, -0.1) is 11.3 Å². The van der Waals surface area contributed by atoms with E-state index in [2.05, 4.69) is 33.5 Å². The molecule has 20 heavy (non-hydrogen) atoms. The zero-order chi connectivity index (χ0) is 14.3. The Balaban J connectivity index is 1.99. The molecule has 108 valence electrons. The van der Waals surface area contributed by atoms with Crippen LogP contribution in [0.5, 0.6) is 0 Å². The topological polar surface area (TPSA) is 55.0 Å². The van der Waals surface area contributed by atoms with Gasteiger partial charge >= 0.3 is 0 Å². The Morgan fingerprint density at radius 3 is 2.75 bits per heavy atom. The molecule has 1 aliphatic carbocycles. The van der Waals surface area contributed by atoms with Crippen molar-refractivity contribution in [2.45, 2.75) is 39.7 Å². The fourth-order valence-corrected chi connectivity index (χ4v) is 4.14. The van der Waals surface area contributed by atoms with E-state index < -0.39 is 0 Å². The molecule has 0 atom stereocenters. The number of aromatic nitrogens is 2. The van der Waals surface area contributed by atoms with Crippen molar-refractivity contribution in [3.05, 3.63) is 11.1 Å². The normalized spacial score (nSPS) is 15.0. The van der Waals surface area contributed by atoms with Crippen LogP contribution >= 0.6 is 22.9 Å². The van der Waals surface area contributed by atoms with Gasteiger partial charge in [0, 0.05) is 23.7 Å². The molecule has 2 aromatic heterocycles. The molecule has 1 fully saturated rings. The van der Waals surface area contributed by atoms with E-state index in [0.29, 0.717) is 11.9 Å². The van der Waals surface area contributed by atoms with Gasteiger partial charge in [-0.1, -0.05) is 0 Å². The Labute approximate surface area is 127 Å². The van der Waals surface area contributed by atoms with E-state index in [9.17, 15) is 0 Å². The molecule has 4 nitrogen and oxygen atoms in total. The molecule has 0 saturated heterocycles. The lowest BCUT2D eigenvalue weighted by atomic mass is 10.2. The van der Waals surface area contributed by atoms with Crippen molar-refractivity contribution in [3.8, 4) is 10.6 Å². The zero-order valence-electron chi connectivity index (χ0n) is 12.1. The first kappa shape index (κ1) is 13.8. The first-order valence-corrected chi connectivity index (χ1v) is 8.66. The van der Waals surface area contributed by atoms with Crippen molar-refractivity contribution in [1.29, 1.82) is 0 Å². The van der Waals surface area contributed by atoms with Crippen molar-refractivity contribution in [3.63, 3.8) is 0 Å². The third kappa shape index (κ3) is 2.67. The van der Waals surface area contributed by atoms with Gasteiger partial charge in [-0.3, -0.25) is 0 Å². The predicted octanol–water partition coefficient (Wildman–Crippen LogP) is 3.78. The van der Waals surface area contributed by atoms with E-state index in [4.69, 9.17) is 5.73 Å². The lowest BCUT2D eigenvalue weighted by Gasteiger charge is -2.28. The Bertz CT molecular complexity index is 598. The molecule has 0 unspecified atom stereocenters. The van der Waals surface area contributed by atoms with E-state index in [1.54, 1.807) is 11.3 Å². The quantitative estimate of drug-likeness (QED) is 0.913. The number of nitrogens with zero attached hydrogens (tertiary/aromatic N) is 3. The highest BCUT2D eigenvalue weighted by atomic mass is 32.1. The summed E-state index contributed by atoms with van der Waals surface area (Å²) < 4.78 is 4.38. The van der Waals surface area contributed by atoms with E-state index in [1.807, 2.05) is 6.92 Å². The summed E-state index contributed by atoms with van der Waals surface area (Å²) in [7, 11) is 0. The molecular weight excluding hydrogens is 288 g/mol. The van der Waals surface area contributed by atoms with E-state index in [1.165, 1.54) is 29.4 Å². The molecule has 6 heteroatoms. The van der Waals surface area contributed by atoms with Gasteiger partial charge in [0.2, 0.25) is 0 Å². The number of nitrogens with two attached hydrogens (primary N) is 1. The minimum atomic E-state index is 0.454.